The quantitative estimate of drug-likeness (QED) is 0.143. The zero-order chi connectivity index (χ0) is 50.0. The van der Waals surface area contributed by atoms with Gasteiger partial charge in [0.15, 0.2) is 0 Å². The average molecular weight is 975 g/mol. The second-order valence-corrected chi connectivity index (χ2v) is 20.6. The van der Waals surface area contributed by atoms with E-state index in [-0.39, 0.29) is 42.6 Å². The predicted octanol–water partition coefficient (Wildman–Crippen LogP) is 5.03. The third kappa shape index (κ3) is 15.2. The van der Waals surface area contributed by atoms with Crippen molar-refractivity contribution >= 4 is 32.3 Å². The molecule has 0 saturated carbocycles. The van der Waals surface area contributed by atoms with E-state index in [0.29, 0.717) is 69.2 Å². The van der Waals surface area contributed by atoms with Crippen LogP contribution < -0.4 is 19.3 Å². The van der Waals surface area contributed by atoms with E-state index in [1.54, 1.807) is 30.5 Å². The number of halogens is 2. The number of carboxylic acids is 1. The van der Waals surface area contributed by atoms with Crippen LogP contribution in [0.25, 0.3) is 22.3 Å². The second kappa shape index (κ2) is 23.7. The van der Waals surface area contributed by atoms with Gasteiger partial charge in [-0.15, -0.1) is 0 Å². The van der Waals surface area contributed by atoms with Gasteiger partial charge in [0.1, 0.15) is 11.6 Å². The van der Waals surface area contributed by atoms with Crippen LogP contribution in [0.4, 0.5) is 8.78 Å². The van der Waals surface area contributed by atoms with Crippen LogP contribution in [0.5, 0.6) is 11.8 Å². The first-order valence-corrected chi connectivity index (χ1v) is 24.6. The Hall–Kier alpha value is -5.16. The number of carbonyl (C=O) groups is 2. The molecule has 2 aliphatic rings. The molecule has 67 heavy (non-hydrogen) atoms. The van der Waals surface area contributed by atoms with Crippen molar-refractivity contribution in [2.75, 3.05) is 68.6 Å². The van der Waals surface area contributed by atoms with Gasteiger partial charge >= 0.3 is 16.2 Å². The molecule has 0 spiro atoms. The van der Waals surface area contributed by atoms with Gasteiger partial charge in [-0.25, -0.2) is 28.6 Å². The number of ether oxygens (including phenoxy) is 2. The van der Waals surface area contributed by atoms with Gasteiger partial charge in [-0.2, -0.15) is 25.4 Å². The summed E-state index contributed by atoms with van der Waals surface area (Å²) in [5, 5.41) is 14.2. The fourth-order valence-corrected chi connectivity index (χ4v) is 9.67. The lowest BCUT2D eigenvalue weighted by Gasteiger charge is -2.24. The summed E-state index contributed by atoms with van der Waals surface area (Å²) in [5.74, 6) is -1.76. The van der Waals surface area contributed by atoms with Gasteiger partial charge in [0, 0.05) is 63.8 Å². The van der Waals surface area contributed by atoms with Gasteiger partial charge in [0.05, 0.1) is 27.1 Å². The molecule has 0 aliphatic carbocycles. The smallest absolute Gasteiger partial charge is 0.307 e. The number of likely N-dealkylation sites (N-methyl/N-ethyl adjacent to an activating group) is 4. The molecule has 2 saturated heterocycles. The number of carbonyl (C=O) groups excluding carboxylic acids is 1. The maximum atomic E-state index is 14.5. The highest BCUT2D eigenvalue weighted by Gasteiger charge is 2.33. The SMILES string of the molecule is CN1CCC(N(C)S(N)(=O)=O)C1.COc1cc(-c2cc(F)cc(C(C)C)c2CC(=O)NS(=O)(=O)N(C)C2CCN(C)C2)ccn1.COc1cc(-c2cc(F)cc(C(C)C)c2CC(=O)O)ccn1. The van der Waals surface area contributed by atoms with E-state index in [9.17, 15) is 40.3 Å². The summed E-state index contributed by atoms with van der Waals surface area (Å²) < 4.78 is 90.9. The van der Waals surface area contributed by atoms with E-state index >= 15 is 0 Å². The number of likely N-dealkylation sites (tertiary alicyclic amines) is 2. The lowest BCUT2D eigenvalue weighted by Crippen LogP contribution is -2.47. The Morgan fingerprint density at radius 2 is 1.18 bits per heavy atom. The molecule has 2 aliphatic heterocycles. The third-order valence-electron chi connectivity index (χ3n) is 11.7. The standard InChI is InChI=1S/C23H31FN4O4S.C17H18FNO3.C6H15N3O2S/c1-15(2)19-11-17(24)12-20(16-6-8-25-23(10-16)32-5)21(19)13-22(29)26-33(30,31)28(4)18-7-9-27(3)14-18;1-10(2)13-7-12(18)8-14(15(13)9-17(20)21)11-4-5-19-16(6-11)22-3;1-8-4-3-6(5-8)9(2)12(7,10)11/h6,8,10-12,15,18H,7,9,13-14H2,1-5H3,(H,26,29);4-8,10H,9H2,1-3H3,(H,20,21);6H,3-5H2,1-2H3,(H2,7,10,11). The number of carboxylic acid groups (broad SMARTS) is 1. The van der Waals surface area contributed by atoms with Crippen molar-refractivity contribution in [2.45, 2.75) is 77.3 Å². The van der Waals surface area contributed by atoms with Crippen LogP contribution in [-0.2, 0) is 42.8 Å². The Bertz CT molecular complexity index is 2590. The molecule has 4 heterocycles. The maximum Gasteiger partial charge on any atom is 0.307 e. The van der Waals surface area contributed by atoms with Gasteiger partial charge in [-0.05, 0) is 133 Å². The molecule has 17 nitrogen and oxygen atoms in total. The molecule has 2 fully saturated rings. The van der Waals surface area contributed by atoms with Crippen molar-refractivity contribution in [3.8, 4) is 34.0 Å². The van der Waals surface area contributed by atoms with Crippen molar-refractivity contribution in [3.63, 3.8) is 0 Å². The van der Waals surface area contributed by atoms with Crippen LogP contribution in [0.1, 0.15) is 74.6 Å². The Balaban J connectivity index is 0.000000246. The topological polar surface area (TPSA) is 218 Å². The maximum absolute atomic E-state index is 14.5. The summed E-state index contributed by atoms with van der Waals surface area (Å²) in [7, 11) is 2.36. The number of benzene rings is 2. The van der Waals surface area contributed by atoms with E-state index in [4.69, 9.17) is 14.6 Å². The summed E-state index contributed by atoms with van der Waals surface area (Å²) >= 11 is 0. The van der Waals surface area contributed by atoms with Crippen molar-refractivity contribution in [1.82, 2.24) is 33.1 Å². The lowest BCUT2D eigenvalue weighted by molar-refractivity contribution is -0.136. The van der Waals surface area contributed by atoms with Crippen molar-refractivity contribution in [3.05, 3.63) is 94.8 Å². The first-order valence-electron chi connectivity index (χ1n) is 21.6. The number of pyridine rings is 2. The lowest BCUT2D eigenvalue weighted by atomic mass is 9.88. The number of methoxy groups -OCH3 is 2. The highest BCUT2D eigenvalue weighted by molar-refractivity contribution is 7.87. The number of aliphatic carboxylic acids is 1. The molecule has 1 amide bonds. The highest BCUT2D eigenvalue weighted by atomic mass is 32.2. The van der Waals surface area contributed by atoms with E-state index in [1.165, 1.54) is 67.4 Å². The van der Waals surface area contributed by atoms with Crippen LogP contribution in [0.3, 0.4) is 0 Å². The van der Waals surface area contributed by atoms with Crippen LogP contribution in [0.15, 0.2) is 60.9 Å². The first kappa shape index (κ1) is 54.4. The third-order valence-corrected chi connectivity index (χ3v) is 14.3. The number of nitrogens with zero attached hydrogens (tertiary/aromatic N) is 6. The van der Waals surface area contributed by atoms with Crippen LogP contribution in [0, 0.1) is 11.6 Å². The molecule has 21 heteroatoms. The first-order chi connectivity index (χ1) is 31.3. The minimum atomic E-state index is -4.01. The predicted molar refractivity (Wildman–Crippen MR) is 253 cm³/mol. The van der Waals surface area contributed by atoms with Gasteiger partial charge in [-0.1, -0.05) is 27.7 Å². The Kier molecular flexibility index (Phi) is 19.3. The molecule has 0 radical (unpaired) electrons. The van der Waals surface area contributed by atoms with E-state index in [2.05, 4.69) is 19.6 Å². The van der Waals surface area contributed by atoms with Gasteiger partial charge < -0.3 is 24.4 Å². The number of hydrogen-bond acceptors (Lipinski definition) is 12. The molecule has 4 aromatic rings. The molecule has 2 aromatic heterocycles. The number of nitrogens with two attached hydrogens (primary N) is 1. The molecule has 2 unspecified atom stereocenters. The monoisotopic (exact) mass is 974 g/mol. The van der Waals surface area contributed by atoms with Crippen LogP contribution in [0.2, 0.25) is 0 Å². The normalized spacial score (nSPS) is 16.7. The van der Waals surface area contributed by atoms with Crippen molar-refractivity contribution in [2.24, 2.45) is 5.14 Å². The number of rotatable bonds is 15. The Morgan fingerprint density at radius 1 is 0.761 bits per heavy atom. The number of aromatic nitrogens is 2. The van der Waals surface area contributed by atoms with Crippen molar-refractivity contribution < 1.29 is 49.8 Å². The zero-order valence-electron chi connectivity index (χ0n) is 39.8. The number of amides is 1. The minimum Gasteiger partial charge on any atom is -0.481 e. The number of nitrogens with one attached hydrogen (secondary N) is 1. The van der Waals surface area contributed by atoms with Crippen LogP contribution in [-0.4, -0.2) is 143 Å². The van der Waals surface area contributed by atoms with Gasteiger partial charge in [0.2, 0.25) is 17.7 Å². The molecular weight excluding hydrogens is 911 g/mol. The summed E-state index contributed by atoms with van der Waals surface area (Å²) in [4.78, 5) is 36.4. The Morgan fingerprint density at radius 3 is 1.54 bits per heavy atom. The summed E-state index contributed by atoms with van der Waals surface area (Å²) in [6, 6.07) is 12.1. The van der Waals surface area contributed by atoms with E-state index in [1.807, 2.05) is 46.7 Å². The van der Waals surface area contributed by atoms with Crippen LogP contribution >= 0.6 is 0 Å². The molecule has 2 atom stereocenters. The fraction of sp³-hybridized carbons (Fsp3) is 0.478. The van der Waals surface area contributed by atoms with Crippen molar-refractivity contribution in [1.29, 1.82) is 0 Å². The highest BCUT2D eigenvalue weighted by Crippen LogP contribution is 2.35. The summed E-state index contributed by atoms with van der Waals surface area (Å²) in [6.45, 7) is 10.7. The second-order valence-electron chi connectivity index (χ2n) is 17.3. The van der Waals surface area contributed by atoms with Gasteiger partial charge in [0.25, 0.3) is 10.2 Å². The average Bonchev–Trinajstić information content (AvgIpc) is 3.91. The zero-order valence-corrected chi connectivity index (χ0v) is 41.4. The van der Waals surface area contributed by atoms with Gasteiger partial charge in [-0.3, -0.25) is 9.59 Å². The largest absolute Gasteiger partial charge is 0.481 e. The Labute approximate surface area is 393 Å². The molecular formula is C46H64F2N8O9S2. The molecule has 368 valence electrons. The minimum absolute atomic E-state index is 0.0209. The molecule has 2 aromatic carbocycles. The molecule has 4 N–H and O–H groups in total. The van der Waals surface area contributed by atoms with E-state index in [0.717, 1.165) is 26.1 Å². The van der Waals surface area contributed by atoms with E-state index < -0.39 is 38.1 Å². The molecule has 6 rings (SSSR count). The summed E-state index contributed by atoms with van der Waals surface area (Å²) in [6.07, 6.45) is 4.28. The number of hydrogen-bond donors (Lipinski definition) is 3. The summed E-state index contributed by atoms with van der Waals surface area (Å²) in [5.41, 5.74) is 4.90. The molecule has 0 bridgehead atoms. The fourth-order valence-electron chi connectivity index (χ4n) is 8.02.